The lowest BCUT2D eigenvalue weighted by Crippen LogP contribution is -2.17. The largest absolute Gasteiger partial charge is 0.497 e. The molecule has 33 heavy (non-hydrogen) atoms. The van der Waals surface area contributed by atoms with Crippen molar-refractivity contribution in [3.05, 3.63) is 59.2 Å². The summed E-state index contributed by atoms with van der Waals surface area (Å²) in [7, 11) is 1.60. The summed E-state index contributed by atoms with van der Waals surface area (Å²) in [5.74, 6) is 1.86. The number of thioether (sulfide) groups is 1. The zero-order valence-electron chi connectivity index (χ0n) is 18.5. The molecule has 1 amide bonds. The molecule has 0 saturated heterocycles. The number of nitrogens with zero attached hydrogens (tertiary/aromatic N) is 4. The van der Waals surface area contributed by atoms with Crippen LogP contribution in [0.3, 0.4) is 0 Å². The molecule has 3 heterocycles. The van der Waals surface area contributed by atoms with Crippen LogP contribution in [0.25, 0.3) is 17.1 Å². The van der Waals surface area contributed by atoms with Gasteiger partial charge in [0.2, 0.25) is 5.91 Å². The van der Waals surface area contributed by atoms with Gasteiger partial charge in [-0.1, -0.05) is 11.8 Å². The Bertz CT molecular complexity index is 1340. The summed E-state index contributed by atoms with van der Waals surface area (Å²) in [6, 6.07) is 11.3. The predicted molar refractivity (Wildman–Crippen MR) is 123 cm³/mol. The zero-order chi connectivity index (χ0) is 23.5. The lowest BCUT2D eigenvalue weighted by atomic mass is 10.2. The fourth-order valence-electron chi connectivity index (χ4n) is 3.39. The first-order valence-corrected chi connectivity index (χ1v) is 11.0. The number of carbonyl (C=O) groups excluding carboxylic acids is 1. The van der Waals surface area contributed by atoms with Crippen molar-refractivity contribution in [2.75, 3.05) is 18.2 Å². The molecule has 0 radical (unpaired) electrons. The Morgan fingerprint density at radius 2 is 1.97 bits per heavy atom. The van der Waals surface area contributed by atoms with Gasteiger partial charge in [-0.15, -0.1) is 10.2 Å². The van der Waals surface area contributed by atoms with Crippen LogP contribution < -0.4 is 10.1 Å². The van der Waals surface area contributed by atoms with E-state index in [-0.39, 0.29) is 16.9 Å². The lowest BCUT2D eigenvalue weighted by Gasteiger charge is -2.13. The molecule has 0 unspecified atom stereocenters. The summed E-state index contributed by atoms with van der Waals surface area (Å²) >= 11 is 1.11. The molecule has 0 bridgehead atoms. The van der Waals surface area contributed by atoms with Gasteiger partial charge in [0.05, 0.1) is 30.3 Å². The monoisotopic (exact) mass is 463 g/mol. The van der Waals surface area contributed by atoms with Gasteiger partial charge < -0.3 is 18.9 Å². The molecular formula is C23H21N5O4S. The van der Waals surface area contributed by atoms with Crippen molar-refractivity contribution < 1.29 is 18.4 Å². The highest BCUT2D eigenvalue weighted by Crippen LogP contribution is 2.31. The van der Waals surface area contributed by atoms with Crippen LogP contribution in [0.5, 0.6) is 5.75 Å². The molecule has 1 aromatic carbocycles. The highest BCUT2D eigenvalue weighted by atomic mass is 32.2. The molecule has 0 saturated carbocycles. The molecule has 4 aromatic rings. The minimum atomic E-state index is -0.303. The Hall–Kier alpha value is -3.97. The number of anilines is 1. The summed E-state index contributed by atoms with van der Waals surface area (Å²) in [4.78, 5) is 12.8. The summed E-state index contributed by atoms with van der Waals surface area (Å²) in [5.41, 5.74) is 3.58. The Morgan fingerprint density at radius 3 is 2.61 bits per heavy atom. The molecule has 0 aliphatic carbocycles. The molecule has 1 N–H and O–H groups in total. The van der Waals surface area contributed by atoms with E-state index in [2.05, 4.69) is 21.6 Å². The number of hydrogen-bond donors (Lipinski definition) is 1. The molecule has 0 aliphatic rings. The average molecular weight is 464 g/mol. The van der Waals surface area contributed by atoms with Gasteiger partial charge in [-0.05, 0) is 56.7 Å². The Morgan fingerprint density at radius 1 is 1.21 bits per heavy atom. The number of nitriles is 1. The van der Waals surface area contributed by atoms with Crippen molar-refractivity contribution in [2.45, 2.75) is 26.0 Å². The number of aromatic nitrogens is 3. The first-order chi connectivity index (χ1) is 15.9. The Kier molecular flexibility index (Phi) is 6.24. The summed E-state index contributed by atoms with van der Waals surface area (Å²) < 4.78 is 18.0. The lowest BCUT2D eigenvalue weighted by molar-refractivity contribution is -0.113. The number of carbonyl (C=O) groups is 1. The first kappa shape index (κ1) is 22.2. The van der Waals surface area contributed by atoms with Crippen LogP contribution in [-0.4, -0.2) is 33.5 Å². The van der Waals surface area contributed by atoms with Crippen molar-refractivity contribution >= 4 is 23.5 Å². The molecule has 0 spiro atoms. The van der Waals surface area contributed by atoms with Gasteiger partial charge in [0, 0.05) is 11.4 Å². The van der Waals surface area contributed by atoms with Gasteiger partial charge in [0.15, 0.2) is 0 Å². The van der Waals surface area contributed by atoms with Crippen LogP contribution in [0.1, 0.15) is 22.6 Å². The van der Waals surface area contributed by atoms with E-state index in [1.807, 2.05) is 42.7 Å². The second-order valence-electron chi connectivity index (χ2n) is 7.18. The molecule has 0 fully saturated rings. The van der Waals surface area contributed by atoms with E-state index < -0.39 is 0 Å². The van der Waals surface area contributed by atoms with E-state index in [0.29, 0.717) is 34.3 Å². The normalized spacial score (nSPS) is 10.8. The highest BCUT2D eigenvalue weighted by Gasteiger charge is 2.21. The van der Waals surface area contributed by atoms with Gasteiger partial charge in [0.25, 0.3) is 11.1 Å². The van der Waals surface area contributed by atoms with Crippen molar-refractivity contribution in [3.8, 4) is 29.0 Å². The zero-order valence-corrected chi connectivity index (χ0v) is 19.3. The summed E-state index contributed by atoms with van der Waals surface area (Å²) in [5, 5.41) is 20.8. The van der Waals surface area contributed by atoms with Crippen LogP contribution >= 0.6 is 11.8 Å². The maximum atomic E-state index is 12.8. The van der Waals surface area contributed by atoms with Crippen molar-refractivity contribution in [3.63, 3.8) is 0 Å². The second kappa shape index (κ2) is 9.26. The minimum absolute atomic E-state index is 0.0305. The van der Waals surface area contributed by atoms with Crippen molar-refractivity contribution in [2.24, 2.45) is 0 Å². The van der Waals surface area contributed by atoms with Crippen LogP contribution in [0.2, 0.25) is 0 Å². The number of benzene rings is 1. The van der Waals surface area contributed by atoms with Crippen molar-refractivity contribution in [1.82, 2.24) is 14.8 Å². The second-order valence-corrected chi connectivity index (χ2v) is 8.11. The van der Waals surface area contributed by atoms with Crippen LogP contribution in [-0.2, 0) is 4.79 Å². The maximum Gasteiger partial charge on any atom is 0.277 e. The van der Waals surface area contributed by atoms with Gasteiger partial charge in [-0.3, -0.25) is 9.36 Å². The fourth-order valence-corrected chi connectivity index (χ4v) is 3.96. The molecule has 9 nitrogen and oxygen atoms in total. The molecule has 168 valence electrons. The number of furan rings is 1. The quantitative estimate of drug-likeness (QED) is 0.393. The number of amides is 1. The van der Waals surface area contributed by atoms with E-state index in [4.69, 9.17) is 13.6 Å². The SMILES string of the molecule is COc1ccc(-n2c(C)c(C)c(C#N)c2NC(=O)CSc2nnc(-c3ccoc3C)o2)cc1. The molecule has 0 atom stereocenters. The molecular weight excluding hydrogens is 442 g/mol. The van der Waals surface area contributed by atoms with E-state index in [1.165, 1.54) is 0 Å². The Labute approximate surface area is 194 Å². The molecule has 0 aliphatic heterocycles. The number of rotatable bonds is 7. The predicted octanol–water partition coefficient (Wildman–Crippen LogP) is 4.66. The van der Waals surface area contributed by atoms with Crippen molar-refractivity contribution in [1.29, 1.82) is 5.26 Å². The average Bonchev–Trinajstić information content (AvgIpc) is 3.51. The van der Waals surface area contributed by atoms with Crippen LogP contribution in [0.15, 0.2) is 50.7 Å². The minimum Gasteiger partial charge on any atom is -0.497 e. The van der Waals surface area contributed by atoms with Crippen LogP contribution in [0, 0.1) is 32.1 Å². The van der Waals surface area contributed by atoms with Gasteiger partial charge in [-0.2, -0.15) is 5.26 Å². The number of methoxy groups -OCH3 is 1. The van der Waals surface area contributed by atoms with Gasteiger partial charge in [0.1, 0.15) is 23.4 Å². The smallest absolute Gasteiger partial charge is 0.277 e. The molecule has 10 heteroatoms. The molecule has 3 aromatic heterocycles. The van der Waals surface area contributed by atoms with Gasteiger partial charge >= 0.3 is 0 Å². The number of ether oxygens (including phenoxy) is 1. The summed E-state index contributed by atoms with van der Waals surface area (Å²) in [6.45, 7) is 5.56. The number of aryl methyl sites for hydroxylation is 1. The third-order valence-corrected chi connectivity index (χ3v) is 6.05. The fraction of sp³-hybridized carbons (Fsp3) is 0.217. The van der Waals surface area contributed by atoms with E-state index in [9.17, 15) is 10.1 Å². The van der Waals surface area contributed by atoms with E-state index in [0.717, 1.165) is 28.7 Å². The van der Waals surface area contributed by atoms with Crippen LogP contribution in [0.4, 0.5) is 5.82 Å². The van der Waals surface area contributed by atoms with E-state index >= 15 is 0 Å². The third kappa shape index (κ3) is 4.36. The first-order valence-electron chi connectivity index (χ1n) is 10.00. The third-order valence-electron chi connectivity index (χ3n) is 5.24. The van der Waals surface area contributed by atoms with Gasteiger partial charge in [-0.25, -0.2) is 0 Å². The summed E-state index contributed by atoms with van der Waals surface area (Å²) in [6.07, 6.45) is 1.55. The number of hydrogen-bond acceptors (Lipinski definition) is 8. The van der Waals surface area contributed by atoms with E-state index in [1.54, 1.807) is 26.4 Å². The Balaban J connectivity index is 1.53. The number of nitrogens with one attached hydrogen (secondary N) is 1. The topological polar surface area (TPSA) is 119 Å². The molecule has 4 rings (SSSR count). The standard InChI is InChI=1S/C23H21N5O4S/c1-13-14(2)28(16-5-7-17(30-4)8-6-16)21(19(13)11-24)25-20(29)12-33-23-27-26-22(32-23)18-9-10-31-15(18)3/h5-10H,12H2,1-4H3,(H,25,29). The highest BCUT2D eigenvalue weighted by molar-refractivity contribution is 7.99. The maximum absolute atomic E-state index is 12.8.